The molecule has 1 aromatic carbocycles. The van der Waals surface area contributed by atoms with Crippen molar-refractivity contribution in [1.82, 2.24) is 5.32 Å². The molecule has 2 N–H and O–H groups in total. The topological polar surface area (TPSA) is 49.3 Å². The van der Waals surface area contributed by atoms with E-state index in [0.29, 0.717) is 12.1 Å². The van der Waals surface area contributed by atoms with Gasteiger partial charge in [-0.25, -0.2) is 0 Å². The second kappa shape index (κ2) is 6.33. The van der Waals surface area contributed by atoms with Gasteiger partial charge in [-0.15, -0.1) is 0 Å². The van der Waals surface area contributed by atoms with E-state index in [2.05, 4.69) is 0 Å². The number of hydrogen-bond acceptors (Lipinski definition) is 2. The highest BCUT2D eigenvalue weighted by molar-refractivity contribution is 5.77. The normalized spacial score (nSPS) is 13.9. The van der Waals surface area contributed by atoms with Gasteiger partial charge in [-0.1, -0.05) is 12.1 Å². The number of carbonyl (C=O) groups is 1. The number of halogens is 6. The molecule has 0 aliphatic carbocycles. The van der Waals surface area contributed by atoms with E-state index >= 15 is 0 Å². The number of hydrogen-bond donors (Lipinski definition) is 2. The smallest absolute Gasteiger partial charge is 0.387 e. The number of carbonyl (C=O) groups excluding carboxylic acids is 1. The Labute approximate surface area is 115 Å². The Kier molecular flexibility index (Phi) is 5.21. The fraction of sp³-hybridized carbons (Fsp3) is 0.417. The van der Waals surface area contributed by atoms with E-state index in [9.17, 15) is 31.1 Å². The summed E-state index contributed by atoms with van der Waals surface area (Å²) in [6, 6.07) is 1.41. The third-order valence-electron chi connectivity index (χ3n) is 2.55. The van der Waals surface area contributed by atoms with Crippen LogP contribution in [0.3, 0.4) is 0 Å². The zero-order valence-corrected chi connectivity index (χ0v) is 10.4. The molecule has 1 atom stereocenters. The van der Waals surface area contributed by atoms with Crippen LogP contribution < -0.4 is 5.32 Å². The van der Waals surface area contributed by atoms with E-state index in [1.54, 1.807) is 0 Å². The first-order chi connectivity index (χ1) is 9.53. The van der Waals surface area contributed by atoms with Crippen LogP contribution in [0.1, 0.15) is 23.6 Å². The van der Waals surface area contributed by atoms with Crippen LogP contribution in [-0.4, -0.2) is 23.8 Å². The standard InChI is InChI=1S/C12H11F6NO2/c13-11(14,15)5-9(19-10(21)6-20)7-1-3-8(4-2-7)12(16,17)18/h1-4,9,20H,5-6H2,(H,19,21)/t9-/m0/s1. The molecule has 1 amide bonds. The minimum Gasteiger partial charge on any atom is -0.387 e. The number of aliphatic hydroxyl groups excluding tert-OH is 1. The maximum absolute atomic E-state index is 12.4. The van der Waals surface area contributed by atoms with Crippen LogP contribution >= 0.6 is 0 Å². The highest BCUT2D eigenvalue weighted by Gasteiger charge is 2.34. The van der Waals surface area contributed by atoms with Crippen molar-refractivity contribution < 1.29 is 36.2 Å². The molecule has 21 heavy (non-hydrogen) atoms. The van der Waals surface area contributed by atoms with Crippen molar-refractivity contribution >= 4 is 5.91 Å². The molecule has 0 heterocycles. The second-order valence-electron chi connectivity index (χ2n) is 4.22. The molecule has 3 nitrogen and oxygen atoms in total. The lowest BCUT2D eigenvalue weighted by molar-refractivity contribution is -0.144. The van der Waals surface area contributed by atoms with Crippen molar-refractivity contribution in [3.8, 4) is 0 Å². The summed E-state index contributed by atoms with van der Waals surface area (Å²) in [5, 5.41) is 10.4. The zero-order valence-electron chi connectivity index (χ0n) is 10.4. The van der Waals surface area contributed by atoms with Crippen molar-refractivity contribution in [2.24, 2.45) is 0 Å². The molecule has 0 unspecified atom stereocenters. The largest absolute Gasteiger partial charge is 0.416 e. The first-order valence-electron chi connectivity index (χ1n) is 5.67. The van der Waals surface area contributed by atoms with E-state index in [0.717, 1.165) is 12.1 Å². The Morgan fingerprint density at radius 1 is 1.10 bits per heavy atom. The molecule has 0 radical (unpaired) electrons. The quantitative estimate of drug-likeness (QED) is 0.840. The average molecular weight is 315 g/mol. The molecule has 1 rings (SSSR count). The zero-order chi connectivity index (χ0) is 16.3. The molecule has 0 aliphatic rings. The lowest BCUT2D eigenvalue weighted by Gasteiger charge is -2.20. The minimum atomic E-state index is -4.63. The number of nitrogens with one attached hydrogen (secondary N) is 1. The Hall–Kier alpha value is -1.77. The molecule has 0 fully saturated rings. The molecule has 0 bridgehead atoms. The van der Waals surface area contributed by atoms with Crippen molar-refractivity contribution in [2.75, 3.05) is 6.61 Å². The summed E-state index contributed by atoms with van der Waals surface area (Å²) in [6.07, 6.45) is -10.7. The fourth-order valence-corrected chi connectivity index (χ4v) is 1.63. The summed E-state index contributed by atoms with van der Waals surface area (Å²) >= 11 is 0. The van der Waals surface area contributed by atoms with Crippen molar-refractivity contribution in [3.63, 3.8) is 0 Å². The first kappa shape index (κ1) is 17.3. The van der Waals surface area contributed by atoms with E-state index < -0.39 is 42.9 Å². The van der Waals surface area contributed by atoms with Crippen LogP contribution in [0.15, 0.2) is 24.3 Å². The van der Waals surface area contributed by atoms with Gasteiger partial charge in [-0.2, -0.15) is 26.3 Å². The van der Waals surface area contributed by atoms with Gasteiger partial charge in [0.1, 0.15) is 6.61 Å². The summed E-state index contributed by atoms with van der Waals surface area (Å²) < 4.78 is 74.4. The molecule has 0 aliphatic heterocycles. The highest BCUT2D eigenvalue weighted by atomic mass is 19.4. The monoisotopic (exact) mass is 315 g/mol. The van der Waals surface area contributed by atoms with Crippen molar-refractivity contribution in [2.45, 2.75) is 24.8 Å². The van der Waals surface area contributed by atoms with Crippen LogP contribution in [0.2, 0.25) is 0 Å². The van der Waals surface area contributed by atoms with Crippen LogP contribution in [0.4, 0.5) is 26.3 Å². The summed E-state index contributed by atoms with van der Waals surface area (Å²) in [5.74, 6) is -1.05. The van der Waals surface area contributed by atoms with Gasteiger partial charge in [0.2, 0.25) is 5.91 Å². The Morgan fingerprint density at radius 2 is 1.62 bits per heavy atom. The highest BCUT2D eigenvalue weighted by Crippen LogP contribution is 2.33. The Balaban J connectivity index is 3.00. The lowest BCUT2D eigenvalue weighted by atomic mass is 10.0. The third-order valence-corrected chi connectivity index (χ3v) is 2.55. The van der Waals surface area contributed by atoms with Crippen LogP contribution in [0.5, 0.6) is 0 Å². The Bertz CT molecular complexity index is 480. The SMILES string of the molecule is O=C(CO)N[C@@H](CC(F)(F)F)c1ccc(C(F)(F)F)cc1. The summed E-state index contributed by atoms with van der Waals surface area (Å²) in [6.45, 7) is -1.02. The van der Waals surface area contributed by atoms with Gasteiger partial charge < -0.3 is 10.4 Å². The number of benzene rings is 1. The number of aliphatic hydroxyl groups is 1. The maximum atomic E-state index is 12.4. The van der Waals surface area contributed by atoms with Gasteiger partial charge in [0, 0.05) is 0 Å². The van der Waals surface area contributed by atoms with Gasteiger partial charge in [-0.3, -0.25) is 4.79 Å². The molecule has 0 spiro atoms. The van der Waals surface area contributed by atoms with Crippen molar-refractivity contribution in [1.29, 1.82) is 0 Å². The van der Waals surface area contributed by atoms with Crippen LogP contribution in [0, 0.1) is 0 Å². The molecule has 118 valence electrons. The number of amides is 1. The van der Waals surface area contributed by atoms with E-state index in [1.165, 1.54) is 0 Å². The maximum Gasteiger partial charge on any atom is 0.416 e. The number of alkyl halides is 6. The molecule has 0 aromatic heterocycles. The third kappa shape index (κ3) is 5.62. The predicted molar refractivity (Wildman–Crippen MR) is 60.1 cm³/mol. The van der Waals surface area contributed by atoms with Gasteiger partial charge in [-0.05, 0) is 17.7 Å². The fourth-order valence-electron chi connectivity index (χ4n) is 1.63. The molecule has 9 heteroatoms. The minimum absolute atomic E-state index is 0.137. The first-order valence-corrected chi connectivity index (χ1v) is 5.67. The molecular weight excluding hydrogens is 304 g/mol. The average Bonchev–Trinajstić information content (AvgIpc) is 2.35. The van der Waals surface area contributed by atoms with Gasteiger partial charge in [0.25, 0.3) is 0 Å². The second-order valence-corrected chi connectivity index (χ2v) is 4.22. The van der Waals surface area contributed by atoms with Gasteiger partial charge in [0.15, 0.2) is 0 Å². The number of rotatable bonds is 4. The van der Waals surface area contributed by atoms with Gasteiger partial charge >= 0.3 is 12.4 Å². The molecular formula is C12H11F6NO2. The Morgan fingerprint density at radius 3 is 2.00 bits per heavy atom. The van der Waals surface area contributed by atoms with Crippen LogP contribution in [-0.2, 0) is 11.0 Å². The summed E-state index contributed by atoms with van der Waals surface area (Å²) in [7, 11) is 0. The van der Waals surface area contributed by atoms with E-state index in [4.69, 9.17) is 5.11 Å². The summed E-state index contributed by atoms with van der Waals surface area (Å²) in [5.41, 5.74) is -1.15. The summed E-state index contributed by atoms with van der Waals surface area (Å²) in [4.78, 5) is 11.0. The van der Waals surface area contributed by atoms with Crippen molar-refractivity contribution in [3.05, 3.63) is 35.4 Å². The molecule has 1 aromatic rings. The molecule has 0 saturated carbocycles. The van der Waals surface area contributed by atoms with Crippen LogP contribution in [0.25, 0.3) is 0 Å². The van der Waals surface area contributed by atoms with E-state index in [1.807, 2.05) is 5.32 Å². The lowest BCUT2D eigenvalue weighted by Crippen LogP contribution is -2.33. The molecule has 0 saturated heterocycles. The van der Waals surface area contributed by atoms with E-state index in [-0.39, 0.29) is 5.56 Å². The predicted octanol–water partition coefficient (Wildman–Crippen LogP) is 2.81. The van der Waals surface area contributed by atoms with Gasteiger partial charge in [0.05, 0.1) is 18.0 Å².